The average Bonchev–Trinajstić information content (AvgIpc) is 2.06. The molecule has 0 aromatic rings. The van der Waals surface area contributed by atoms with E-state index in [-0.39, 0.29) is 23.8 Å². The minimum Gasteiger partial charge on any atom is -0.444 e. The summed E-state index contributed by atoms with van der Waals surface area (Å²) in [5, 5.41) is 0. The Hall–Kier alpha value is -0.780. The molecule has 0 aromatic heterocycles. The Morgan fingerprint density at radius 2 is 1.94 bits per heavy atom. The molecule has 0 radical (unpaired) electrons. The molecule has 0 bridgehead atoms. The first-order valence-electron chi connectivity index (χ1n) is 5.67. The largest absolute Gasteiger partial charge is 0.444 e. The van der Waals surface area contributed by atoms with Crippen LogP contribution < -0.4 is 0 Å². The van der Waals surface area contributed by atoms with Crippen molar-refractivity contribution in [2.45, 2.75) is 39.3 Å². The molecule has 17 heavy (non-hydrogen) atoms. The summed E-state index contributed by atoms with van der Waals surface area (Å²) < 4.78 is 27.5. The summed E-state index contributed by atoms with van der Waals surface area (Å²) in [7, 11) is -2.98. The van der Waals surface area contributed by atoms with E-state index < -0.39 is 15.4 Å². The zero-order chi connectivity index (χ0) is 13.4. The molecule has 100 valence electrons. The Balaban J connectivity index is 2.50. The molecule has 0 spiro atoms. The van der Waals surface area contributed by atoms with Crippen molar-refractivity contribution in [2.24, 2.45) is 5.92 Å². The minimum absolute atomic E-state index is 0.0255. The number of nitrogens with zero attached hydrogens (tertiary/aromatic N) is 1. The normalized spacial score (nSPS) is 25.4. The third kappa shape index (κ3) is 4.18. The number of likely N-dealkylation sites (tertiary alicyclic amines) is 1. The smallest absolute Gasteiger partial charge is 0.410 e. The molecular formula is C11H21NO4S. The highest BCUT2D eigenvalue weighted by molar-refractivity contribution is 7.90. The SMILES string of the molecule is CC1C(CS(C)(=O)=O)CN1C(=O)OC(C)(C)C. The third-order valence-electron chi connectivity index (χ3n) is 2.75. The van der Waals surface area contributed by atoms with Crippen LogP contribution in [-0.4, -0.2) is 49.6 Å². The summed E-state index contributed by atoms with van der Waals surface area (Å²) in [4.78, 5) is 13.3. The lowest BCUT2D eigenvalue weighted by Gasteiger charge is -2.46. The van der Waals surface area contributed by atoms with Crippen molar-refractivity contribution >= 4 is 15.9 Å². The average molecular weight is 263 g/mol. The van der Waals surface area contributed by atoms with E-state index in [9.17, 15) is 13.2 Å². The van der Waals surface area contributed by atoms with Gasteiger partial charge in [0.05, 0.1) is 5.75 Å². The lowest BCUT2D eigenvalue weighted by molar-refractivity contribution is -0.0202. The van der Waals surface area contributed by atoms with Gasteiger partial charge in [0, 0.05) is 24.8 Å². The van der Waals surface area contributed by atoms with Crippen LogP contribution in [0.3, 0.4) is 0 Å². The van der Waals surface area contributed by atoms with E-state index in [1.807, 2.05) is 27.7 Å². The second-order valence-electron chi connectivity index (χ2n) is 5.73. The highest BCUT2D eigenvalue weighted by atomic mass is 32.2. The fourth-order valence-corrected chi connectivity index (χ4v) is 2.99. The van der Waals surface area contributed by atoms with Crippen molar-refractivity contribution in [3.63, 3.8) is 0 Å². The second-order valence-corrected chi connectivity index (χ2v) is 7.91. The van der Waals surface area contributed by atoms with Crippen LogP contribution in [0.15, 0.2) is 0 Å². The molecule has 1 saturated heterocycles. The summed E-state index contributed by atoms with van der Waals surface area (Å²) in [6.07, 6.45) is 0.852. The lowest BCUT2D eigenvalue weighted by atomic mass is 9.92. The first-order valence-corrected chi connectivity index (χ1v) is 7.73. The van der Waals surface area contributed by atoms with Crippen molar-refractivity contribution in [2.75, 3.05) is 18.6 Å². The van der Waals surface area contributed by atoms with Crippen molar-refractivity contribution in [3.8, 4) is 0 Å². The fraction of sp³-hybridized carbons (Fsp3) is 0.909. The summed E-state index contributed by atoms with van der Waals surface area (Å²) in [5.41, 5.74) is -0.515. The molecule has 2 unspecified atom stereocenters. The van der Waals surface area contributed by atoms with Crippen molar-refractivity contribution in [3.05, 3.63) is 0 Å². The Morgan fingerprint density at radius 3 is 2.29 bits per heavy atom. The first kappa shape index (κ1) is 14.3. The molecule has 1 rings (SSSR count). The molecule has 6 heteroatoms. The summed E-state index contributed by atoms with van der Waals surface area (Å²) >= 11 is 0. The predicted molar refractivity (Wildman–Crippen MR) is 65.6 cm³/mol. The fourth-order valence-electron chi connectivity index (χ4n) is 1.83. The number of hydrogen-bond donors (Lipinski definition) is 0. The standard InChI is InChI=1S/C11H21NO4S/c1-8-9(7-17(5,14)15)6-12(8)10(13)16-11(2,3)4/h8-9H,6-7H2,1-5H3. The Morgan fingerprint density at radius 1 is 1.41 bits per heavy atom. The number of sulfone groups is 1. The molecule has 1 amide bonds. The zero-order valence-electron chi connectivity index (χ0n) is 11.1. The van der Waals surface area contributed by atoms with E-state index in [0.717, 1.165) is 0 Å². The summed E-state index contributed by atoms with van der Waals surface area (Å²) in [6.45, 7) is 7.74. The van der Waals surface area contributed by atoms with Crippen LogP contribution in [0.5, 0.6) is 0 Å². The van der Waals surface area contributed by atoms with E-state index >= 15 is 0 Å². The van der Waals surface area contributed by atoms with Crippen molar-refractivity contribution in [1.29, 1.82) is 0 Å². The van der Waals surface area contributed by atoms with Crippen LogP contribution >= 0.6 is 0 Å². The molecule has 0 saturated carbocycles. The zero-order valence-corrected chi connectivity index (χ0v) is 11.9. The number of rotatable bonds is 2. The third-order valence-corrected chi connectivity index (χ3v) is 3.78. The van der Waals surface area contributed by atoms with Crippen LogP contribution in [0.2, 0.25) is 0 Å². The summed E-state index contributed by atoms with van der Waals surface area (Å²) in [6, 6.07) is -0.0698. The maximum atomic E-state index is 11.7. The maximum absolute atomic E-state index is 11.7. The summed E-state index contributed by atoms with van der Waals surface area (Å²) in [5.74, 6) is 0.158. The monoisotopic (exact) mass is 263 g/mol. The van der Waals surface area contributed by atoms with E-state index in [1.165, 1.54) is 6.26 Å². The van der Waals surface area contributed by atoms with Gasteiger partial charge in [0.1, 0.15) is 15.4 Å². The van der Waals surface area contributed by atoms with Gasteiger partial charge in [-0.1, -0.05) is 0 Å². The van der Waals surface area contributed by atoms with Gasteiger partial charge in [-0.25, -0.2) is 13.2 Å². The van der Waals surface area contributed by atoms with Gasteiger partial charge >= 0.3 is 6.09 Å². The van der Waals surface area contributed by atoms with Gasteiger partial charge in [-0.15, -0.1) is 0 Å². The first-order chi connectivity index (χ1) is 7.49. The van der Waals surface area contributed by atoms with E-state index in [0.29, 0.717) is 6.54 Å². The Bertz CT molecular complexity index is 396. The van der Waals surface area contributed by atoms with Gasteiger partial charge < -0.3 is 9.64 Å². The quantitative estimate of drug-likeness (QED) is 0.753. The Kier molecular flexibility index (Phi) is 3.76. The molecule has 0 aromatic carbocycles. The Labute approximate surface area is 103 Å². The number of carbonyl (C=O) groups is 1. The number of amides is 1. The number of ether oxygens (including phenoxy) is 1. The van der Waals surface area contributed by atoms with Gasteiger partial charge in [0.15, 0.2) is 0 Å². The molecule has 5 nitrogen and oxygen atoms in total. The van der Waals surface area contributed by atoms with Gasteiger partial charge in [-0.3, -0.25) is 0 Å². The van der Waals surface area contributed by atoms with E-state index in [4.69, 9.17) is 4.74 Å². The van der Waals surface area contributed by atoms with Gasteiger partial charge in [-0.2, -0.15) is 0 Å². The molecule has 1 heterocycles. The van der Waals surface area contributed by atoms with Crippen LogP contribution in [0, 0.1) is 5.92 Å². The number of carbonyl (C=O) groups excluding carboxylic acids is 1. The van der Waals surface area contributed by atoms with E-state index in [2.05, 4.69) is 0 Å². The maximum Gasteiger partial charge on any atom is 0.410 e. The molecule has 0 N–H and O–H groups in total. The molecule has 2 atom stereocenters. The second kappa shape index (κ2) is 4.48. The highest BCUT2D eigenvalue weighted by Gasteiger charge is 2.41. The van der Waals surface area contributed by atoms with Gasteiger partial charge in [0.2, 0.25) is 0 Å². The van der Waals surface area contributed by atoms with E-state index in [1.54, 1.807) is 4.90 Å². The molecule has 0 aliphatic carbocycles. The van der Waals surface area contributed by atoms with Gasteiger partial charge in [0.25, 0.3) is 0 Å². The number of hydrogen-bond acceptors (Lipinski definition) is 4. The lowest BCUT2D eigenvalue weighted by Crippen LogP contribution is -2.59. The van der Waals surface area contributed by atoms with Crippen molar-refractivity contribution < 1.29 is 17.9 Å². The van der Waals surface area contributed by atoms with Crippen molar-refractivity contribution in [1.82, 2.24) is 4.90 Å². The molecular weight excluding hydrogens is 242 g/mol. The highest BCUT2D eigenvalue weighted by Crippen LogP contribution is 2.27. The van der Waals surface area contributed by atoms with Crippen LogP contribution in [0.25, 0.3) is 0 Å². The van der Waals surface area contributed by atoms with Gasteiger partial charge in [-0.05, 0) is 27.7 Å². The predicted octanol–water partition coefficient (Wildman–Crippen LogP) is 1.29. The van der Waals surface area contributed by atoms with Crippen LogP contribution in [0.1, 0.15) is 27.7 Å². The topological polar surface area (TPSA) is 63.7 Å². The molecule has 1 aliphatic heterocycles. The minimum atomic E-state index is -2.98. The van der Waals surface area contributed by atoms with Crippen LogP contribution in [0.4, 0.5) is 4.79 Å². The van der Waals surface area contributed by atoms with Crippen LogP contribution in [-0.2, 0) is 14.6 Å². The molecule has 1 fully saturated rings. The molecule has 1 aliphatic rings.